The highest BCUT2D eigenvalue weighted by atomic mass is 32.1. The Morgan fingerprint density at radius 3 is 2.91 bits per heavy atom. The summed E-state index contributed by atoms with van der Waals surface area (Å²) in [5.41, 5.74) is 0. The fraction of sp³-hybridized carbons (Fsp3) is 0.600. The second-order valence-corrected chi connectivity index (χ2v) is 6.59. The van der Waals surface area contributed by atoms with Crippen molar-refractivity contribution in [3.63, 3.8) is 0 Å². The first-order valence-electron chi connectivity index (χ1n) is 7.64. The molecule has 7 heteroatoms. The molecule has 1 aromatic heterocycles. The Morgan fingerprint density at radius 2 is 2.18 bits per heavy atom. The van der Waals surface area contributed by atoms with Gasteiger partial charge in [-0.1, -0.05) is 6.07 Å². The molecule has 1 aromatic rings. The van der Waals surface area contributed by atoms with Crippen LogP contribution in [0, 0.1) is 0 Å². The number of morpholine rings is 1. The van der Waals surface area contributed by atoms with Gasteiger partial charge in [-0.05, 0) is 11.4 Å². The summed E-state index contributed by atoms with van der Waals surface area (Å²) in [6.07, 6.45) is 0.403. The van der Waals surface area contributed by atoms with Crippen LogP contribution in [0.1, 0.15) is 16.1 Å². The van der Waals surface area contributed by atoms with Crippen LogP contribution in [0.25, 0.3) is 0 Å². The minimum Gasteiger partial charge on any atom is -0.379 e. The van der Waals surface area contributed by atoms with Crippen molar-refractivity contribution < 1.29 is 14.3 Å². The van der Waals surface area contributed by atoms with Crippen LogP contribution in [-0.4, -0.2) is 73.6 Å². The Labute approximate surface area is 134 Å². The van der Waals surface area contributed by atoms with E-state index in [1.54, 1.807) is 6.07 Å². The molecule has 0 saturated carbocycles. The lowest BCUT2D eigenvalue weighted by Gasteiger charge is -2.28. The fourth-order valence-electron chi connectivity index (χ4n) is 2.84. The third-order valence-corrected chi connectivity index (χ3v) is 4.95. The minimum atomic E-state index is -0.0807. The van der Waals surface area contributed by atoms with Gasteiger partial charge in [0, 0.05) is 39.1 Å². The molecule has 2 aliphatic heterocycles. The van der Waals surface area contributed by atoms with E-state index in [9.17, 15) is 9.59 Å². The number of amides is 2. The summed E-state index contributed by atoms with van der Waals surface area (Å²) >= 11 is 1.42. The Hall–Kier alpha value is -1.44. The van der Waals surface area contributed by atoms with Crippen LogP contribution in [0.5, 0.6) is 0 Å². The van der Waals surface area contributed by atoms with Crippen molar-refractivity contribution in [1.29, 1.82) is 0 Å². The van der Waals surface area contributed by atoms with Gasteiger partial charge < -0.3 is 15.0 Å². The van der Waals surface area contributed by atoms with Gasteiger partial charge in [0.1, 0.15) is 0 Å². The molecule has 6 nitrogen and oxygen atoms in total. The van der Waals surface area contributed by atoms with Gasteiger partial charge in [0.2, 0.25) is 5.91 Å². The Morgan fingerprint density at radius 1 is 1.36 bits per heavy atom. The molecule has 3 heterocycles. The molecule has 0 aliphatic carbocycles. The fourth-order valence-corrected chi connectivity index (χ4v) is 3.46. The van der Waals surface area contributed by atoms with E-state index in [0.717, 1.165) is 39.4 Å². The molecular formula is C15H21N3O3S. The number of nitrogens with one attached hydrogen (secondary N) is 1. The number of nitrogens with zero attached hydrogens (tertiary/aromatic N) is 2. The monoisotopic (exact) mass is 323 g/mol. The zero-order chi connectivity index (χ0) is 15.4. The number of carbonyl (C=O) groups is 2. The summed E-state index contributed by atoms with van der Waals surface area (Å²) in [4.78, 5) is 29.0. The largest absolute Gasteiger partial charge is 0.379 e. The molecule has 2 saturated heterocycles. The van der Waals surface area contributed by atoms with Crippen molar-refractivity contribution in [3.05, 3.63) is 22.4 Å². The molecule has 0 unspecified atom stereocenters. The van der Waals surface area contributed by atoms with Crippen molar-refractivity contribution in [2.45, 2.75) is 12.5 Å². The molecule has 0 spiro atoms. The van der Waals surface area contributed by atoms with Gasteiger partial charge in [-0.3, -0.25) is 14.5 Å². The van der Waals surface area contributed by atoms with Crippen LogP contribution < -0.4 is 5.32 Å². The maximum atomic E-state index is 12.1. The molecule has 1 atom stereocenters. The Kier molecular flexibility index (Phi) is 5.07. The SMILES string of the molecule is O=C(N[C@H]1CC(=O)N(CCN2CCOCC2)C1)c1cccs1. The van der Waals surface area contributed by atoms with E-state index in [2.05, 4.69) is 10.2 Å². The minimum absolute atomic E-state index is 0.0770. The zero-order valence-electron chi connectivity index (χ0n) is 12.5. The standard InChI is InChI=1S/C15H21N3O3S/c19-14-10-12(16-15(20)13-2-1-9-22-13)11-18(14)4-3-17-5-7-21-8-6-17/h1-2,9,12H,3-8,10-11H2,(H,16,20)/t12-/m0/s1. The first kappa shape index (κ1) is 15.5. The molecule has 22 heavy (non-hydrogen) atoms. The first-order valence-corrected chi connectivity index (χ1v) is 8.52. The highest BCUT2D eigenvalue weighted by Crippen LogP contribution is 2.14. The first-order chi connectivity index (χ1) is 10.7. The van der Waals surface area contributed by atoms with Crippen molar-refractivity contribution in [2.75, 3.05) is 45.9 Å². The molecule has 2 amide bonds. The van der Waals surface area contributed by atoms with Gasteiger partial charge in [0.05, 0.1) is 24.1 Å². The number of likely N-dealkylation sites (tertiary alicyclic amines) is 1. The number of thiophene rings is 1. The predicted molar refractivity (Wildman–Crippen MR) is 84.0 cm³/mol. The molecule has 2 aliphatic rings. The molecule has 120 valence electrons. The third-order valence-electron chi connectivity index (χ3n) is 4.08. The number of hydrogen-bond acceptors (Lipinski definition) is 5. The van der Waals surface area contributed by atoms with Crippen molar-refractivity contribution in [3.8, 4) is 0 Å². The summed E-state index contributed by atoms with van der Waals surface area (Å²) < 4.78 is 5.32. The van der Waals surface area contributed by atoms with Gasteiger partial charge in [-0.15, -0.1) is 11.3 Å². The average Bonchev–Trinajstić information content (AvgIpc) is 3.16. The van der Waals surface area contributed by atoms with Crippen LogP contribution in [0.15, 0.2) is 17.5 Å². The number of carbonyl (C=O) groups excluding carboxylic acids is 2. The van der Waals surface area contributed by atoms with E-state index in [0.29, 0.717) is 17.8 Å². The van der Waals surface area contributed by atoms with E-state index < -0.39 is 0 Å². The number of rotatable bonds is 5. The van der Waals surface area contributed by atoms with Crippen LogP contribution >= 0.6 is 11.3 Å². The maximum absolute atomic E-state index is 12.1. The quantitative estimate of drug-likeness (QED) is 0.853. The van der Waals surface area contributed by atoms with Crippen molar-refractivity contribution in [1.82, 2.24) is 15.1 Å². The van der Waals surface area contributed by atoms with Crippen LogP contribution in [-0.2, 0) is 9.53 Å². The van der Waals surface area contributed by atoms with E-state index in [1.807, 2.05) is 16.3 Å². The maximum Gasteiger partial charge on any atom is 0.261 e. The van der Waals surface area contributed by atoms with Crippen LogP contribution in [0.4, 0.5) is 0 Å². The number of ether oxygens (including phenoxy) is 1. The third kappa shape index (κ3) is 3.85. The summed E-state index contributed by atoms with van der Waals surface area (Å²) in [5, 5.41) is 4.83. The molecule has 0 bridgehead atoms. The van der Waals surface area contributed by atoms with Gasteiger partial charge in [-0.2, -0.15) is 0 Å². The van der Waals surface area contributed by atoms with E-state index in [1.165, 1.54) is 11.3 Å². The van der Waals surface area contributed by atoms with E-state index >= 15 is 0 Å². The molecular weight excluding hydrogens is 302 g/mol. The second kappa shape index (κ2) is 7.21. The zero-order valence-corrected chi connectivity index (χ0v) is 13.3. The molecule has 1 N–H and O–H groups in total. The molecule has 2 fully saturated rings. The topological polar surface area (TPSA) is 61.9 Å². The second-order valence-electron chi connectivity index (χ2n) is 5.65. The normalized spacial score (nSPS) is 23.0. The van der Waals surface area contributed by atoms with Crippen LogP contribution in [0.2, 0.25) is 0 Å². The summed E-state index contributed by atoms with van der Waals surface area (Å²) in [6.45, 7) is 5.62. The van der Waals surface area contributed by atoms with Gasteiger partial charge in [0.15, 0.2) is 0 Å². The predicted octanol–water partition coefficient (Wildman–Crippen LogP) is 0.411. The Balaban J connectivity index is 1.45. The van der Waals surface area contributed by atoms with Crippen molar-refractivity contribution in [2.24, 2.45) is 0 Å². The lowest BCUT2D eigenvalue weighted by Crippen LogP contribution is -2.42. The van der Waals surface area contributed by atoms with E-state index in [-0.39, 0.29) is 17.9 Å². The number of hydrogen-bond donors (Lipinski definition) is 1. The summed E-state index contributed by atoms with van der Waals surface area (Å²) in [6, 6.07) is 3.58. The van der Waals surface area contributed by atoms with Gasteiger partial charge in [-0.25, -0.2) is 0 Å². The lowest BCUT2D eigenvalue weighted by molar-refractivity contribution is -0.128. The Bertz CT molecular complexity index is 514. The molecule has 0 radical (unpaired) electrons. The summed E-state index contributed by atoms with van der Waals surface area (Å²) in [7, 11) is 0. The van der Waals surface area contributed by atoms with Crippen molar-refractivity contribution >= 4 is 23.2 Å². The van der Waals surface area contributed by atoms with Gasteiger partial charge >= 0.3 is 0 Å². The lowest BCUT2D eigenvalue weighted by atomic mass is 10.2. The highest BCUT2D eigenvalue weighted by molar-refractivity contribution is 7.12. The smallest absolute Gasteiger partial charge is 0.261 e. The molecule has 3 rings (SSSR count). The van der Waals surface area contributed by atoms with Gasteiger partial charge in [0.25, 0.3) is 5.91 Å². The average molecular weight is 323 g/mol. The molecule has 0 aromatic carbocycles. The van der Waals surface area contributed by atoms with Crippen LogP contribution in [0.3, 0.4) is 0 Å². The highest BCUT2D eigenvalue weighted by Gasteiger charge is 2.31. The summed E-state index contributed by atoms with van der Waals surface area (Å²) in [5.74, 6) is 0.0487. The van der Waals surface area contributed by atoms with E-state index in [4.69, 9.17) is 4.74 Å².